The molecule has 0 bridgehead atoms. The van der Waals surface area contributed by atoms with Crippen LogP contribution in [0.3, 0.4) is 0 Å². The normalized spacial score (nSPS) is 23.5. The number of thiophene rings is 1. The molecule has 0 saturated carbocycles. The van der Waals surface area contributed by atoms with E-state index in [1.807, 2.05) is 11.4 Å². The zero-order valence-electron chi connectivity index (χ0n) is 11.5. The van der Waals surface area contributed by atoms with E-state index in [9.17, 15) is 4.79 Å². The van der Waals surface area contributed by atoms with Crippen molar-refractivity contribution < 1.29 is 14.3 Å². The quantitative estimate of drug-likeness (QED) is 0.453. The molecular weight excluding hydrogens is 292 g/mol. The van der Waals surface area contributed by atoms with Gasteiger partial charge in [0.1, 0.15) is 5.84 Å². The average Bonchev–Trinajstić information content (AvgIpc) is 3.18. The van der Waals surface area contributed by atoms with Crippen LogP contribution in [0.5, 0.6) is 0 Å². The predicted molar refractivity (Wildman–Crippen MR) is 78.2 cm³/mol. The van der Waals surface area contributed by atoms with Crippen LogP contribution in [-0.2, 0) is 20.8 Å². The Balaban J connectivity index is 1.51. The van der Waals surface area contributed by atoms with Gasteiger partial charge in [0.15, 0.2) is 5.79 Å². The van der Waals surface area contributed by atoms with Gasteiger partial charge in [0.05, 0.1) is 32.3 Å². The average molecular weight is 310 g/mol. The van der Waals surface area contributed by atoms with Gasteiger partial charge >= 0.3 is 0 Å². The summed E-state index contributed by atoms with van der Waals surface area (Å²) in [5, 5.41) is 15.2. The number of carbonyl (C=O) groups excluding carboxylic acids is 1. The van der Waals surface area contributed by atoms with E-state index in [4.69, 9.17) is 20.6 Å². The van der Waals surface area contributed by atoms with Gasteiger partial charge in [-0.3, -0.25) is 10.2 Å². The minimum atomic E-state index is -0.618. The summed E-state index contributed by atoms with van der Waals surface area (Å²) >= 11 is 1.48. The number of ether oxygens (including phenoxy) is 2. The summed E-state index contributed by atoms with van der Waals surface area (Å²) in [4.78, 5) is 13.1. The minimum absolute atomic E-state index is 0.0405. The van der Waals surface area contributed by atoms with Crippen molar-refractivity contribution in [1.29, 1.82) is 5.41 Å². The Morgan fingerprint density at radius 2 is 2.33 bits per heavy atom. The van der Waals surface area contributed by atoms with Crippen molar-refractivity contribution in [2.45, 2.75) is 24.8 Å². The molecule has 2 aliphatic rings. The molecule has 7 nitrogen and oxygen atoms in total. The van der Waals surface area contributed by atoms with E-state index >= 15 is 0 Å². The van der Waals surface area contributed by atoms with Crippen LogP contribution in [-0.4, -0.2) is 43.3 Å². The van der Waals surface area contributed by atoms with Crippen molar-refractivity contribution in [3.63, 3.8) is 0 Å². The maximum absolute atomic E-state index is 12.2. The zero-order chi connectivity index (χ0) is 14.9. The van der Waals surface area contributed by atoms with Crippen LogP contribution in [0.15, 0.2) is 11.4 Å². The summed E-state index contributed by atoms with van der Waals surface area (Å²) in [5.41, 5.74) is 6.10. The second-order valence-electron chi connectivity index (χ2n) is 5.18. The first-order chi connectivity index (χ1) is 10.1. The Hall–Kier alpha value is -1.48. The van der Waals surface area contributed by atoms with Crippen LogP contribution in [0.4, 0.5) is 0 Å². The van der Waals surface area contributed by atoms with Crippen LogP contribution in [0.1, 0.15) is 16.9 Å². The molecule has 1 atom stereocenters. The second-order valence-corrected chi connectivity index (χ2v) is 6.17. The molecule has 1 aromatic heterocycles. The number of carbonyl (C=O) groups is 1. The molecule has 5 N–H and O–H groups in total. The van der Waals surface area contributed by atoms with Crippen molar-refractivity contribution in [2.75, 3.05) is 19.8 Å². The van der Waals surface area contributed by atoms with Crippen LogP contribution in [0, 0.1) is 5.41 Å². The molecule has 21 heavy (non-hydrogen) atoms. The number of nitrogen functional groups attached to an aromatic ring is 1. The molecular formula is C13H18N4O3S. The summed E-state index contributed by atoms with van der Waals surface area (Å²) in [6, 6.07) is 1.52. The lowest BCUT2D eigenvalue weighted by Crippen LogP contribution is -2.39. The molecule has 1 aromatic rings. The molecule has 0 radical (unpaired) electrons. The van der Waals surface area contributed by atoms with Gasteiger partial charge < -0.3 is 25.8 Å². The molecule has 3 heterocycles. The summed E-state index contributed by atoms with van der Waals surface area (Å²) in [7, 11) is 0. The van der Waals surface area contributed by atoms with Gasteiger partial charge in [-0.15, -0.1) is 11.3 Å². The van der Waals surface area contributed by atoms with Gasteiger partial charge in [-0.2, -0.15) is 0 Å². The van der Waals surface area contributed by atoms with Crippen LogP contribution >= 0.6 is 11.3 Å². The highest BCUT2D eigenvalue weighted by Gasteiger charge is 2.46. The van der Waals surface area contributed by atoms with Crippen molar-refractivity contribution in [3.05, 3.63) is 21.9 Å². The summed E-state index contributed by atoms with van der Waals surface area (Å²) in [6.07, 6.45) is 0.530. The lowest BCUT2D eigenvalue weighted by Gasteiger charge is -2.19. The van der Waals surface area contributed by atoms with Crippen LogP contribution in [0.2, 0.25) is 0 Å². The van der Waals surface area contributed by atoms with Crippen LogP contribution < -0.4 is 16.4 Å². The monoisotopic (exact) mass is 310 g/mol. The highest BCUT2D eigenvalue weighted by molar-refractivity contribution is 7.10. The molecule has 1 unspecified atom stereocenters. The van der Waals surface area contributed by atoms with E-state index < -0.39 is 5.79 Å². The first-order valence-electron chi connectivity index (χ1n) is 6.79. The summed E-state index contributed by atoms with van der Waals surface area (Å²) in [6.45, 7) is 2.14. The standard InChI is InChI=1S/C13H18N4O3S/c14-11(15)8-3-9(21-6-8)5-16-12(18)10-4-13(7-17-10)19-1-2-20-13/h3,6,10,17H,1-2,4-5,7H2,(H3,14,15)(H,16,18). The zero-order valence-corrected chi connectivity index (χ0v) is 12.3. The first kappa shape index (κ1) is 14.5. The van der Waals surface area contributed by atoms with Gasteiger partial charge in [-0.1, -0.05) is 0 Å². The molecule has 3 rings (SSSR count). The van der Waals surface area contributed by atoms with Gasteiger partial charge in [-0.05, 0) is 6.07 Å². The van der Waals surface area contributed by atoms with Crippen molar-refractivity contribution in [2.24, 2.45) is 5.73 Å². The van der Waals surface area contributed by atoms with Gasteiger partial charge in [0.25, 0.3) is 0 Å². The largest absolute Gasteiger partial charge is 0.384 e. The van der Waals surface area contributed by atoms with E-state index in [-0.39, 0.29) is 17.8 Å². The van der Waals surface area contributed by atoms with E-state index in [1.165, 1.54) is 11.3 Å². The second kappa shape index (κ2) is 5.72. The number of nitrogens with two attached hydrogens (primary N) is 1. The van der Waals surface area contributed by atoms with E-state index in [0.717, 1.165) is 4.88 Å². The molecule has 2 aliphatic heterocycles. The number of amides is 1. The number of hydrogen-bond donors (Lipinski definition) is 4. The Bertz CT molecular complexity index is 553. The Labute approximate surface area is 126 Å². The number of rotatable bonds is 4. The third kappa shape index (κ3) is 3.08. The molecule has 1 amide bonds. The maximum atomic E-state index is 12.2. The smallest absolute Gasteiger partial charge is 0.237 e. The van der Waals surface area contributed by atoms with Gasteiger partial charge in [0.2, 0.25) is 5.91 Å². The van der Waals surface area contributed by atoms with Crippen molar-refractivity contribution >= 4 is 23.1 Å². The molecule has 0 aliphatic carbocycles. The SMILES string of the molecule is N=C(N)c1csc(CNC(=O)C2CC3(CN2)OCCO3)c1. The molecule has 8 heteroatoms. The first-order valence-corrected chi connectivity index (χ1v) is 7.67. The molecule has 1 spiro atoms. The Morgan fingerprint density at radius 3 is 3.00 bits per heavy atom. The fourth-order valence-corrected chi connectivity index (χ4v) is 3.37. The third-order valence-electron chi connectivity index (χ3n) is 3.66. The molecule has 2 saturated heterocycles. The fourth-order valence-electron chi connectivity index (χ4n) is 2.55. The summed E-state index contributed by atoms with van der Waals surface area (Å²) < 4.78 is 11.1. The fraction of sp³-hybridized carbons (Fsp3) is 0.538. The molecule has 114 valence electrons. The van der Waals surface area contributed by atoms with E-state index in [1.54, 1.807) is 0 Å². The minimum Gasteiger partial charge on any atom is -0.384 e. The van der Waals surface area contributed by atoms with E-state index in [0.29, 0.717) is 38.3 Å². The lowest BCUT2D eigenvalue weighted by atomic mass is 10.1. The van der Waals surface area contributed by atoms with Crippen molar-refractivity contribution in [1.82, 2.24) is 10.6 Å². The van der Waals surface area contributed by atoms with Crippen LogP contribution in [0.25, 0.3) is 0 Å². The highest BCUT2D eigenvalue weighted by Crippen LogP contribution is 2.29. The summed E-state index contributed by atoms with van der Waals surface area (Å²) in [5.74, 6) is -0.644. The Kier molecular flexibility index (Phi) is 3.94. The third-order valence-corrected chi connectivity index (χ3v) is 4.60. The topological polar surface area (TPSA) is 109 Å². The Morgan fingerprint density at radius 1 is 1.57 bits per heavy atom. The van der Waals surface area contributed by atoms with Gasteiger partial charge in [-0.25, -0.2) is 0 Å². The highest BCUT2D eigenvalue weighted by atomic mass is 32.1. The number of nitrogens with one attached hydrogen (secondary N) is 3. The van der Waals surface area contributed by atoms with E-state index in [2.05, 4.69) is 10.6 Å². The lowest BCUT2D eigenvalue weighted by molar-refractivity contribution is -0.144. The van der Waals surface area contributed by atoms with Crippen molar-refractivity contribution in [3.8, 4) is 0 Å². The predicted octanol–water partition coefficient (Wildman–Crippen LogP) is -0.247. The number of amidine groups is 1. The van der Waals surface area contributed by atoms with Gasteiger partial charge in [0, 0.05) is 22.2 Å². The molecule has 2 fully saturated rings. The number of hydrogen-bond acceptors (Lipinski definition) is 6. The molecule has 0 aromatic carbocycles. The maximum Gasteiger partial charge on any atom is 0.237 e.